The van der Waals surface area contributed by atoms with Gasteiger partial charge in [-0.1, -0.05) is 58.9 Å². The predicted octanol–water partition coefficient (Wildman–Crippen LogP) is 3.79. The Balaban J connectivity index is 2.16. The smallest absolute Gasteiger partial charge is 0.0591 e. The molecule has 2 nitrogen and oxygen atoms in total. The van der Waals surface area contributed by atoms with Crippen molar-refractivity contribution < 1.29 is 4.74 Å². The Morgan fingerprint density at radius 1 is 1.05 bits per heavy atom. The molecule has 0 fully saturated rings. The van der Waals surface area contributed by atoms with Gasteiger partial charge >= 0.3 is 0 Å². The molecule has 0 aliphatic rings. The topological polar surface area (TPSA) is 21.3 Å². The number of ether oxygens (including phenoxy) is 1. The van der Waals surface area contributed by atoms with Crippen LogP contribution in [-0.2, 0) is 16.6 Å². The van der Waals surface area contributed by atoms with Gasteiger partial charge in [-0.15, -0.1) is 0 Å². The molecule has 1 N–H and O–H groups in total. The van der Waals surface area contributed by atoms with Gasteiger partial charge in [0.15, 0.2) is 0 Å². The van der Waals surface area contributed by atoms with Crippen molar-refractivity contribution >= 4 is 0 Å². The van der Waals surface area contributed by atoms with Gasteiger partial charge in [-0.2, -0.15) is 0 Å². The number of nitrogens with one attached hydrogen (secondary N) is 1. The first-order valence-electron chi connectivity index (χ1n) is 7.77. The van der Waals surface area contributed by atoms with E-state index >= 15 is 0 Å². The summed E-state index contributed by atoms with van der Waals surface area (Å²) in [5.41, 5.74) is 2.98. The maximum Gasteiger partial charge on any atom is 0.0591 e. The van der Waals surface area contributed by atoms with Crippen LogP contribution < -0.4 is 5.32 Å². The van der Waals surface area contributed by atoms with Gasteiger partial charge < -0.3 is 10.1 Å². The van der Waals surface area contributed by atoms with Gasteiger partial charge in [0, 0.05) is 6.54 Å². The summed E-state index contributed by atoms with van der Waals surface area (Å²) in [6.07, 6.45) is 0.995. The van der Waals surface area contributed by atoms with Gasteiger partial charge in [-0.25, -0.2) is 0 Å². The van der Waals surface area contributed by atoms with E-state index in [1.54, 1.807) is 0 Å². The second-order valence-corrected chi connectivity index (χ2v) is 6.91. The average Bonchev–Trinajstić information content (AvgIpc) is 2.37. The average molecular weight is 277 g/mol. The largest absolute Gasteiger partial charge is 0.380 e. The molecule has 0 unspecified atom stereocenters. The minimum Gasteiger partial charge on any atom is -0.380 e. The monoisotopic (exact) mass is 277 g/mol. The molecule has 0 aliphatic carbocycles. The molecule has 0 amide bonds. The van der Waals surface area contributed by atoms with Crippen molar-refractivity contribution in [1.29, 1.82) is 0 Å². The molecule has 0 radical (unpaired) electrons. The predicted molar refractivity (Wildman–Crippen MR) is 87.4 cm³/mol. The third-order valence-electron chi connectivity index (χ3n) is 3.33. The normalized spacial score (nSPS) is 12.1. The van der Waals surface area contributed by atoms with Crippen LogP contribution in [-0.4, -0.2) is 26.3 Å². The molecule has 0 bridgehead atoms. The Kier molecular flexibility index (Phi) is 7.25. The summed E-state index contributed by atoms with van der Waals surface area (Å²) >= 11 is 0. The van der Waals surface area contributed by atoms with Crippen LogP contribution in [0.25, 0.3) is 0 Å². The highest BCUT2D eigenvalue weighted by molar-refractivity contribution is 5.27. The Hall–Kier alpha value is -0.860. The molecular weight excluding hydrogens is 246 g/mol. The number of rotatable bonds is 8. The minimum atomic E-state index is 0.233. The Labute approximate surface area is 124 Å². The van der Waals surface area contributed by atoms with Crippen LogP contribution in [0.1, 0.15) is 45.7 Å². The van der Waals surface area contributed by atoms with Crippen LogP contribution >= 0.6 is 0 Å². The molecule has 114 valence electrons. The van der Waals surface area contributed by atoms with Crippen molar-refractivity contribution in [1.82, 2.24) is 5.32 Å². The van der Waals surface area contributed by atoms with E-state index < -0.39 is 0 Å². The quantitative estimate of drug-likeness (QED) is 0.730. The zero-order valence-electron chi connectivity index (χ0n) is 13.8. The molecule has 0 heterocycles. The van der Waals surface area contributed by atoms with Gasteiger partial charge in [0.1, 0.15) is 0 Å². The molecule has 0 saturated heterocycles. The number of benzene rings is 1. The second-order valence-electron chi connectivity index (χ2n) is 6.91. The summed E-state index contributed by atoms with van der Waals surface area (Å²) in [4.78, 5) is 0. The second kappa shape index (κ2) is 8.43. The lowest BCUT2D eigenvalue weighted by atomic mass is 9.86. The van der Waals surface area contributed by atoms with Gasteiger partial charge in [-0.3, -0.25) is 0 Å². The standard InChI is InChI=1S/C18H31NO/c1-15(2)14-19-11-13-20-12-10-16-6-8-17(9-7-16)18(3,4)5/h6-9,15,19H,10-14H2,1-5H3. The van der Waals surface area contributed by atoms with Gasteiger partial charge in [0.25, 0.3) is 0 Å². The van der Waals surface area contributed by atoms with E-state index in [2.05, 4.69) is 64.2 Å². The Bertz CT molecular complexity index is 362. The molecule has 0 aliphatic heterocycles. The molecule has 1 aromatic carbocycles. The fourth-order valence-electron chi connectivity index (χ4n) is 2.00. The van der Waals surface area contributed by atoms with Gasteiger partial charge in [-0.05, 0) is 35.4 Å². The summed E-state index contributed by atoms with van der Waals surface area (Å²) in [6, 6.07) is 8.92. The van der Waals surface area contributed by atoms with Crippen LogP contribution in [0.15, 0.2) is 24.3 Å². The van der Waals surface area contributed by atoms with E-state index in [1.165, 1.54) is 11.1 Å². The maximum atomic E-state index is 5.65. The summed E-state index contributed by atoms with van der Waals surface area (Å²) in [6.45, 7) is 14.8. The SMILES string of the molecule is CC(C)CNCCOCCc1ccc(C(C)(C)C)cc1. The van der Waals surface area contributed by atoms with Crippen LogP contribution in [0, 0.1) is 5.92 Å². The van der Waals surface area contributed by atoms with E-state index in [4.69, 9.17) is 4.74 Å². The van der Waals surface area contributed by atoms with E-state index in [1.807, 2.05) is 0 Å². The zero-order chi connectivity index (χ0) is 15.0. The fourth-order valence-corrected chi connectivity index (χ4v) is 2.00. The maximum absolute atomic E-state index is 5.65. The lowest BCUT2D eigenvalue weighted by molar-refractivity contribution is 0.138. The third kappa shape index (κ3) is 7.06. The van der Waals surface area contributed by atoms with Crippen molar-refractivity contribution in [2.75, 3.05) is 26.3 Å². The fraction of sp³-hybridized carbons (Fsp3) is 0.667. The third-order valence-corrected chi connectivity index (χ3v) is 3.33. The van der Waals surface area contributed by atoms with E-state index in [0.717, 1.165) is 32.7 Å². The van der Waals surface area contributed by atoms with E-state index in [9.17, 15) is 0 Å². The van der Waals surface area contributed by atoms with Crippen LogP contribution in [0.4, 0.5) is 0 Å². The zero-order valence-corrected chi connectivity index (χ0v) is 13.8. The summed E-state index contributed by atoms with van der Waals surface area (Å²) in [7, 11) is 0. The molecule has 1 rings (SSSR count). The van der Waals surface area contributed by atoms with Gasteiger partial charge in [0.2, 0.25) is 0 Å². The molecule has 20 heavy (non-hydrogen) atoms. The van der Waals surface area contributed by atoms with Crippen molar-refractivity contribution in [3.8, 4) is 0 Å². The highest BCUT2D eigenvalue weighted by atomic mass is 16.5. The van der Waals surface area contributed by atoms with Crippen molar-refractivity contribution in [2.24, 2.45) is 5.92 Å². The molecule has 0 aromatic heterocycles. The first kappa shape index (κ1) is 17.2. The molecule has 1 aromatic rings. The minimum absolute atomic E-state index is 0.233. The van der Waals surface area contributed by atoms with E-state index in [-0.39, 0.29) is 5.41 Å². The van der Waals surface area contributed by atoms with Crippen LogP contribution in [0.2, 0.25) is 0 Å². The van der Waals surface area contributed by atoms with Gasteiger partial charge in [0.05, 0.1) is 13.2 Å². The Morgan fingerprint density at radius 2 is 1.70 bits per heavy atom. The highest BCUT2D eigenvalue weighted by Gasteiger charge is 2.12. The van der Waals surface area contributed by atoms with Crippen molar-refractivity contribution in [2.45, 2.75) is 46.5 Å². The highest BCUT2D eigenvalue weighted by Crippen LogP contribution is 2.22. The molecule has 2 heteroatoms. The first-order valence-corrected chi connectivity index (χ1v) is 7.77. The summed E-state index contributed by atoms with van der Waals surface area (Å²) in [5, 5.41) is 3.38. The molecule has 0 saturated carbocycles. The van der Waals surface area contributed by atoms with E-state index in [0.29, 0.717) is 5.92 Å². The molecular formula is C18H31NO. The number of hydrogen-bond donors (Lipinski definition) is 1. The summed E-state index contributed by atoms with van der Waals surface area (Å²) < 4.78 is 5.65. The lowest BCUT2D eigenvalue weighted by Gasteiger charge is -2.19. The van der Waals surface area contributed by atoms with Crippen LogP contribution in [0.3, 0.4) is 0 Å². The summed E-state index contributed by atoms with van der Waals surface area (Å²) in [5.74, 6) is 0.705. The molecule has 0 atom stereocenters. The van der Waals surface area contributed by atoms with Crippen molar-refractivity contribution in [3.63, 3.8) is 0 Å². The molecule has 0 spiro atoms. The number of hydrogen-bond acceptors (Lipinski definition) is 2. The lowest BCUT2D eigenvalue weighted by Crippen LogP contribution is -2.24. The van der Waals surface area contributed by atoms with Crippen LogP contribution in [0.5, 0.6) is 0 Å². The van der Waals surface area contributed by atoms with Crippen molar-refractivity contribution in [3.05, 3.63) is 35.4 Å². The first-order chi connectivity index (χ1) is 9.39. The Morgan fingerprint density at radius 3 is 2.25 bits per heavy atom.